The number of hydrogen-bond donors (Lipinski definition) is 1. The normalized spacial score (nSPS) is 9.60. The van der Waals surface area contributed by atoms with E-state index < -0.39 is 0 Å². The van der Waals surface area contributed by atoms with Gasteiger partial charge in [0.15, 0.2) is 0 Å². The second kappa shape index (κ2) is 6.85. The third-order valence-electron chi connectivity index (χ3n) is 1.86. The van der Waals surface area contributed by atoms with E-state index in [-0.39, 0.29) is 5.91 Å². The molecule has 1 amide bonds. The molecule has 1 aromatic heterocycles. The molecule has 80 valence electrons. The maximum atomic E-state index is 11.5. The zero-order valence-electron chi connectivity index (χ0n) is 8.25. The summed E-state index contributed by atoms with van der Waals surface area (Å²) in [6, 6.07) is 1.89. The van der Waals surface area contributed by atoms with Crippen LogP contribution in [0.15, 0.2) is 11.4 Å². The van der Waals surface area contributed by atoms with Gasteiger partial charge in [0, 0.05) is 18.3 Å². The summed E-state index contributed by atoms with van der Waals surface area (Å²) in [6.07, 6.45) is 7.82. The first-order valence-electron chi connectivity index (χ1n) is 4.69. The molecule has 0 aliphatic carbocycles. The number of carbonyl (C=O) groups excluding carboxylic acids is 1. The average Bonchev–Trinajstić information content (AvgIpc) is 2.64. The molecule has 1 aromatic rings. The van der Waals surface area contributed by atoms with Crippen LogP contribution in [0.1, 0.15) is 29.6 Å². The molecule has 0 unspecified atom stereocenters. The summed E-state index contributed by atoms with van der Waals surface area (Å²) in [5.74, 6) is 2.59. The van der Waals surface area contributed by atoms with E-state index in [1.54, 1.807) is 11.3 Å². The average molecular weight is 333 g/mol. The number of terminal acetylenes is 1. The van der Waals surface area contributed by atoms with Gasteiger partial charge in [-0.25, -0.2) is 0 Å². The molecule has 1 heterocycles. The molecule has 1 N–H and O–H groups in total. The fraction of sp³-hybridized carbons (Fsp3) is 0.364. The van der Waals surface area contributed by atoms with Crippen LogP contribution < -0.4 is 5.32 Å². The molecule has 0 aliphatic heterocycles. The van der Waals surface area contributed by atoms with E-state index in [0.29, 0.717) is 6.54 Å². The van der Waals surface area contributed by atoms with Crippen LogP contribution >= 0.6 is 33.9 Å². The number of carbonyl (C=O) groups is 1. The Morgan fingerprint density at radius 1 is 1.60 bits per heavy atom. The topological polar surface area (TPSA) is 29.1 Å². The summed E-state index contributed by atoms with van der Waals surface area (Å²) >= 11 is 3.79. The third-order valence-corrected chi connectivity index (χ3v) is 3.65. The molecule has 0 fully saturated rings. The van der Waals surface area contributed by atoms with Gasteiger partial charge in [0.1, 0.15) is 0 Å². The van der Waals surface area contributed by atoms with Crippen molar-refractivity contribution in [3.8, 4) is 12.3 Å². The van der Waals surface area contributed by atoms with E-state index in [1.807, 2.05) is 11.4 Å². The first kappa shape index (κ1) is 12.5. The van der Waals surface area contributed by atoms with Crippen molar-refractivity contribution in [1.82, 2.24) is 5.32 Å². The van der Waals surface area contributed by atoms with Crippen LogP contribution in [0.5, 0.6) is 0 Å². The molecular formula is C11H12INOS. The van der Waals surface area contributed by atoms with E-state index in [2.05, 4.69) is 33.8 Å². The molecule has 0 aliphatic rings. The molecule has 4 heteroatoms. The lowest BCUT2D eigenvalue weighted by Crippen LogP contribution is -2.23. The summed E-state index contributed by atoms with van der Waals surface area (Å²) in [6.45, 7) is 0.701. The van der Waals surface area contributed by atoms with Crippen LogP contribution in [0.4, 0.5) is 0 Å². The molecule has 0 aromatic carbocycles. The van der Waals surface area contributed by atoms with Gasteiger partial charge in [-0.1, -0.05) is 0 Å². The quantitative estimate of drug-likeness (QED) is 0.501. The monoisotopic (exact) mass is 333 g/mol. The highest BCUT2D eigenvalue weighted by atomic mass is 127. The maximum absolute atomic E-state index is 11.5. The van der Waals surface area contributed by atoms with Gasteiger partial charge in [-0.05, 0) is 41.5 Å². The maximum Gasteiger partial charge on any atom is 0.252 e. The second-order valence-electron chi connectivity index (χ2n) is 3.06. The first-order chi connectivity index (χ1) is 7.24. The van der Waals surface area contributed by atoms with Gasteiger partial charge in [-0.15, -0.1) is 23.7 Å². The van der Waals surface area contributed by atoms with Crippen LogP contribution in [0.2, 0.25) is 0 Å². The predicted octanol–water partition coefficient (Wildman–Crippen LogP) is 2.89. The van der Waals surface area contributed by atoms with Crippen molar-refractivity contribution in [3.05, 3.63) is 19.9 Å². The van der Waals surface area contributed by atoms with Gasteiger partial charge in [0.2, 0.25) is 0 Å². The van der Waals surface area contributed by atoms with E-state index >= 15 is 0 Å². The highest BCUT2D eigenvalue weighted by molar-refractivity contribution is 14.1. The molecule has 0 saturated carbocycles. The minimum atomic E-state index is 0.00914. The predicted molar refractivity (Wildman–Crippen MR) is 72.1 cm³/mol. The fourth-order valence-corrected chi connectivity index (χ4v) is 2.41. The Kier molecular flexibility index (Phi) is 5.73. The number of hydrogen-bond acceptors (Lipinski definition) is 2. The molecule has 0 spiro atoms. The van der Waals surface area contributed by atoms with Crippen LogP contribution in [0, 0.1) is 15.2 Å². The number of thiophene rings is 1. The Morgan fingerprint density at radius 3 is 3.00 bits per heavy atom. The first-order valence-corrected chi connectivity index (χ1v) is 6.65. The molecule has 0 saturated heterocycles. The van der Waals surface area contributed by atoms with Crippen molar-refractivity contribution in [1.29, 1.82) is 0 Å². The van der Waals surface area contributed by atoms with Gasteiger partial charge in [-0.3, -0.25) is 4.79 Å². The lowest BCUT2D eigenvalue weighted by atomic mass is 10.2. The summed E-state index contributed by atoms with van der Waals surface area (Å²) in [5.41, 5.74) is 0.751. The van der Waals surface area contributed by atoms with E-state index in [1.165, 1.54) is 0 Å². The van der Waals surface area contributed by atoms with Crippen molar-refractivity contribution in [2.45, 2.75) is 19.3 Å². The molecule has 2 nitrogen and oxygen atoms in total. The van der Waals surface area contributed by atoms with E-state index in [0.717, 1.165) is 27.7 Å². The SMILES string of the molecule is C#CCCCCNC(=O)c1csc(I)c1. The van der Waals surface area contributed by atoms with Gasteiger partial charge >= 0.3 is 0 Å². The van der Waals surface area contributed by atoms with Crippen molar-refractivity contribution < 1.29 is 4.79 Å². The van der Waals surface area contributed by atoms with Gasteiger partial charge < -0.3 is 5.32 Å². The van der Waals surface area contributed by atoms with Crippen LogP contribution in [-0.2, 0) is 0 Å². The van der Waals surface area contributed by atoms with Gasteiger partial charge in [-0.2, -0.15) is 0 Å². The van der Waals surface area contributed by atoms with Crippen LogP contribution in [0.3, 0.4) is 0 Å². The van der Waals surface area contributed by atoms with Gasteiger partial charge in [0.25, 0.3) is 5.91 Å². The number of rotatable bonds is 5. The fourth-order valence-electron chi connectivity index (χ4n) is 1.09. The zero-order valence-corrected chi connectivity index (χ0v) is 11.2. The zero-order chi connectivity index (χ0) is 11.1. The number of halogens is 1. The van der Waals surface area contributed by atoms with Crippen molar-refractivity contribution in [2.75, 3.05) is 6.54 Å². The van der Waals surface area contributed by atoms with Crippen molar-refractivity contribution in [3.63, 3.8) is 0 Å². The summed E-state index contributed by atoms with van der Waals surface area (Å²) in [5, 5.41) is 4.74. The van der Waals surface area contributed by atoms with Gasteiger partial charge in [0.05, 0.1) is 8.45 Å². The highest BCUT2D eigenvalue weighted by Crippen LogP contribution is 2.16. The standard InChI is InChI=1S/C11H12INOS/c1-2-3-4-5-6-13-11(14)9-7-10(12)15-8-9/h1,7-8H,3-6H2,(H,13,14). The Hall–Kier alpha value is -0.540. The lowest BCUT2D eigenvalue weighted by molar-refractivity contribution is 0.0953. The minimum Gasteiger partial charge on any atom is -0.352 e. The molecule has 1 rings (SSSR count). The molecular weight excluding hydrogens is 321 g/mol. The Labute approximate surface area is 108 Å². The second-order valence-corrected chi connectivity index (χ2v) is 5.86. The molecule has 0 radical (unpaired) electrons. The molecule has 0 atom stereocenters. The van der Waals surface area contributed by atoms with Crippen LogP contribution in [-0.4, -0.2) is 12.5 Å². The molecule has 0 bridgehead atoms. The largest absolute Gasteiger partial charge is 0.352 e. The lowest BCUT2D eigenvalue weighted by Gasteiger charge is -2.01. The van der Waals surface area contributed by atoms with Crippen molar-refractivity contribution in [2.24, 2.45) is 0 Å². The number of amides is 1. The minimum absolute atomic E-state index is 0.00914. The Balaban J connectivity index is 2.23. The summed E-state index contributed by atoms with van der Waals surface area (Å²) in [7, 11) is 0. The van der Waals surface area contributed by atoms with Crippen LogP contribution in [0.25, 0.3) is 0 Å². The van der Waals surface area contributed by atoms with E-state index in [9.17, 15) is 4.79 Å². The smallest absolute Gasteiger partial charge is 0.252 e. The number of unbranched alkanes of at least 4 members (excludes halogenated alkanes) is 2. The summed E-state index contributed by atoms with van der Waals surface area (Å²) < 4.78 is 1.13. The highest BCUT2D eigenvalue weighted by Gasteiger charge is 2.06. The molecule has 15 heavy (non-hydrogen) atoms. The Bertz CT molecular complexity index is 367. The van der Waals surface area contributed by atoms with E-state index in [4.69, 9.17) is 6.42 Å². The third kappa shape index (κ3) is 4.67. The summed E-state index contributed by atoms with van der Waals surface area (Å²) in [4.78, 5) is 11.5. The Morgan fingerprint density at radius 2 is 2.40 bits per heavy atom. The van der Waals surface area contributed by atoms with Crippen molar-refractivity contribution >= 4 is 39.8 Å². The number of nitrogens with one attached hydrogen (secondary N) is 1.